The van der Waals surface area contributed by atoms with E-state index in [0.29, 0.717) is 6.04 Å². The van der Waals surface area contributed by atoms with E-state index in [1.807, 2.05) is 0 Å². The molecule has 1 fully saturated rings. The summed E-state index contributed by atoms with van der Waals surface area (Å²) >= 11 is 0. The van der Waals surface area contributed by atoms with E-state index in [1.54, 1.807) is 0 Å². The maximum atomic E-state index is 3.57. The first-order chi connectivity index (χ1) is 8.25. The van der Waals surface area contributed by atoms with Crippen LogP contribution in [-0.4, -0.2) is 38.1 Å². The summed E-state index contributed by atoms with van der Waals surface area (Å²) in [5, 5.41) is 7.09. The Bertz CT molecular complexity index is 343. The first-order valence-electron chi connectivity index (χ1n) is 6.45. The summed E-state index contributed by atoms with van der Waals surface area (Å²) in [6.07, 6.45) is 2.61. The molecule has 3 heteroatoms. The number of rotatable bonds is 5. The van der Waals surface area contributed by atoms with Crippen LogP contribution in [-0.2, 0) is 6.54 Å². The average molecular weight is 233 g/mol. The van der Waals surface area contributed by atoms with Crippen LogP contribution in [0.1, 0.15) is 18.4 Å². The van der Waals surface area contributed by atoms with E-state index in [0.717, 1.165) is 13.1 Å². The largest absolute Gasteiger partial charge is 0.383 e. The van der Waals surface area contributed by atoms with Crippen molar-refractivity contribution in [3.05, 3.63) is 29.8 Å². The van der Waals surface area contributed by atoms with Gasteiger partial charge in [0.2, 0.25) is 0 Å². The summed E-state index contributed by atoms with van der Waals surface area (Å²) < 4.78 is 0. The molecule has 1 aromatic rings. The molecule has 1 aromatic carbocycles. The first kappa shape index (κ1) is 12.4. The van der Waals surface area contributed by atoms with E-state index in [1.165, 1.54) is 30.6 Å². The van der Waals surface area contributed by atoms with Crippen LogP contribution in [0.4, 0.5) is 5.69 Å². The molecule has 1 aliphatic rings. The summed E-state index contributed by atoms with van der Waals surface area (Å²) in [5.41, 5.74) is 2.64. The van der Waals surface area contributed by atoms with Crippen molar-refractivity contribution >= 4 is 5.69 Å². The molecule has 1 unspecified atom stereocenters. The molecule has 0 bridgehead atoms. The zero-order valence-corrected chi connectivity index (χ0v) is 10.9. The highest BCUT2D eigenvalue weighted by Gasteiger charge is 2.13. The molecule has 0 saturated carbocycles. The zero-order chi connectivity index (χ0) is 12.1. The SMILES string of the molecule is CN(C)Cc1ccccc1NCC1CCCN1. The lowest BCUT2D eigenvalue weighted by Gasteiger charge is -2.17. The van der Waals surface area contributed by atoms with Crippen molar-refractivity contribution < 1.29 is 0 Å². The van der Waals surface area contributed by atoms with Crippen LogP contribution in [0.3, 0.4) is 0 Å². The van der Waals surface area contributed by atoms with Gasteiger partial charge >= 0.3 is 0 Å². The van der Waals surface area contributed by atoms with Crippen LogP contribution >= 0.6 is 0 Å². The molecule has 2 rings (SSSR count). The van der Waals surface area contributed by atoms with E-state index >= 15 is 0 Å². The highest BCUT2D eigenvalue weighted by Crippen LogP contribution is 2.17. The number of nitrogens with one attached hydrogen (secondary N) is 2. The number of para-hydroxylation sites is 1. The normalized spacial score (nSPS) is 19.8. The van der Waals surface area contributed by atoms with Gasteiger partial charge in [-0.15, -0.1) is 0 Å². The quantitative estimate of drug-likeness (QED) is 0.813. The second-order valence-corrected chi connectivity index (χ2v) is 5.07. The van der Waals surface area contributed by atoms with Gasteiger partial charge in [-0.25, -0.2) is 0 Å². The molecule has 94 valence electrons. The van der Waals surface area contributed by atoms with E-state index in [4.69, 9.17) is 0 Å². The van der Waals surface area contributed by atoms with Gasteiger partial charge in [-0.3, -0.25) is 0 Å². The van der Waals surface area contributed by atoms with Crippen LogP contribution in [0.15, 0.2) is 24.3 Å². The lowest BCUT2D eigenvalue weighted by molar-refractivity contribution is 0.403. The lowest BCUT2D eigenvalue weighted by atomic mass is 10.1. The van der Waals surface area contributed by atoms with E-state index in [2.05, 4.69) is 53.9 Å². The van der Waals surface area contributed by atoms with Gasteiger partial charge in [-0.1, -0.05) is 18.2 Å². The third-order valence-corrected chi connectivity index (χ3v) is 3.21. The van der Waals surface area contributed by atoms with Crippen LogP contribution in [0, 0.1) is 0 Å². The fraction of sp³-hybridized carbons (Fsp3) is 0.571. The molecule has 1 aliphatic heterocycles. The highest BCUT2D eigenvalue weighted by atomic mass is 15.1. The molecular formula is C14H23N3. The second-order valence-electron chi connectivity index (χ2n) is 5.07. The summed E-state index contributed by atoms with van der Waals surface area (Å²) in [7, 11) is 4.21. The van der Waals surface area contributed by atoms with Gasteiger partial charge in [0.05, 0.1) is 0 Å². The topological polar surface area (TPSA) is 27.3 Å². The van der Waals surface area contributed by atoms with Gasteiger partial charge in [0, 0.05) is 24.8 Å². The van der Waals surface area contributed by atoms with Crippen molar-refractivity contribution in [3.8, 4) is 0 Å². The van der Waals surface area contributed by atoms with Crippen LogP contribution in [0.5, 0.6) is 0 Å². The van der Waals surface area contributed by atoms with Crippen LogP contribution < -0.4 is 10.6 Å². The Morgan fingerprint density at radius 3 is 2.88 bits per heavy atom. The zero-order valence-electron chi connectivity index (χ0n) is 10.9. The molecule has 0 spiro atoms. The maximum absolute atomic E-state index is 3.57. The second kappa shape index (κ2) is 6.03. The molecule has 3 nitrogen and oxygen atoms in total. The van der Waals surface area contributed by atoms with E-state index < -0.39 is 0 Å². The smallest absolute Gasteiger partial charge is 0.0386 e. The molecular weight excluding hydrogens is 210 g/mol. The van der Waals surface area contributed by atoms with Crippen molar-refractivity contribution in [3.63, 3.8) is 0 Å². The summed E-state index contributed by atoms with van der Waals surface area (Å²) in [4.78, 5) is 2.20. The minimum Gasteiger partial charge on any atom is -0.383 e. The molecule has 2 N–H and O–H groups in total. The van der Waals surface area contributed by atoms with Crippen molar-refractivity contribution in [1.82, 2.24) is 10.2 Å². The predicted molar refractivity (Wildman–Crippen MR) is 73.3 cm³/mol. The Balaban J connectivity index is 1.94. The van der Waals surface area contributed by atoms with Crippen molar-refractivity contribution in [2.24, 2.45) is 0 Å². The fourth-order valence-electron chi connectivity index (χ4n) is 2.34. The summed E-state index contributed by atoms with van der Waals surface area (Å²) in [6, 6.07) is 9.22. The summed E-state index contributed by atoms with van der Waals surface area (Å²) in [5.74, 6) is 0. The van der Waals surface area contributed by atoms with Gasteiger partial charge in [-0.05, 0) is 45.1 Å². The van der Waals surface area contributed by atoms with Gasteiger partial charge in [0.25, 0.3) is 0 Å². The molecule has 1 heterocycles. The molecule has 17 heavy (non-hydrogen) atoms. The third-order valence-electron chi connectivity index (χ3n) is 3.21. The molecule has 0 radical (unpaired) electrons. The Morgan fingerprint density at radius 1 is 1.35 bits per heavy atom. The molecule has 0 aromatic heterocycles. The number of hydrogen-bond acceptors (Lipinski definition) is 3. The van der Waals surface area contributed by atoms with Crippen molar-refractivity contribution in [1.29, 1.82) is 0 Å². The number of anilines is 1. The number of hydrogen-bond donors (Lipinski definition) is 2. The lowest BCUT2D eigenvalue weighted by Crippen LogP contribution is -2.29. The van der Waals surface area contributed by atoms with Gasteiger partial charge in [-0.2, -0.15) is 0 Å². The highest BCUT2D eigenvalue weighted by molar-refractivity contribution is 5.51. The van der Waals surface area contributed by atoms with Gasteiger partial charge in [0.15, 0.2) is 0 Å². The predicted octanol–water partition coefficient (Wildman–Crippen LogP) is 1.91. The van der Waals surface area contributed by atoms with Crippen LogP contribution in [0.2, 0.25) is 0 Å². The minimum atomic E-state index is 0.641. The first-order valence-corrected chi connectivity index (χ1v) is 6.45. The molecule has 1 saturated heterocycles. The van der Waals surface area contributed by atoms with Gasteiger partial charge < -0.3 is 15.5 Å². The monoisotopic (exact) mass is 233 g/mol. The Kier molecular flexibility index (Phi) is 4.40. The average Bonchev–Trinajstić information content (AvgIpc) is 2.80. The van der Waals surface area contributed by atoms with Gasteiger partial charge in [0.1, 0.15) is 0 Å². The molecule has 0 amide bonds. The number of nitrogens with zero attached hydrogens (tertiary/aromatic N) is 1. The van der Waals surface area contributed by atoms with Crippen molar-refractivity contribution in [2.45, 2.75) is 25.4 Å². The Hall–Kier alpha value is -1.06. The molecule has 1 atom stereocenters. The Labute approximate surface area is 104 Å². The van der Waals surface area contributed by atoms with Crippen molar-refractivity contribution in [2.75, 3.05) is 32.5 Å². The van der Waals surface area contributed by atoms with E-state index in [9.17, 15) is 0 Å². The molecule has 0 aliphatic carbocycles. The third kappa shape index (κ3) is 3.72. The number of benzene rings is 1. The van der Waals surface area contributed by atoms with E-state index in [-0.39, 0.29) is 0 Å². The minimum absolute atomic E-state index is 0.641. The Morgan fingerprint density at radius 2 is 2.18 bits per heavy atom. The fourth-order valence-corrected chi connectivity index (χ4v) is 2.34. The van der Waals surface area contributed by atoms with Crippen LogP contribution in [0.25, 0.3) is 0 Å². The summed E-state index contributed by atoms with van der Waals surface area (Å²) in [6.45, 7) is 3.19. The standard InChI is InChI=1S/C14H23N3/c1-17(2)11-12-6-3-4-8-14(12)16-10-13-7-5-9-15-13/h3-4,6,8,13,15-16H,5,7,9-11H2,1-2H3. The maximum Gasteiger partial charge on any atom is 0.0386 e.